The van der Waals surface area contributed by atoms with Gasteiger partial charge in [-0.2, -0.15) is 0 Å². The topological polar surface area (TPSA) is 44.5 Å². The largest absolute Gasteiger partial charge is 0.494 e. The molecule has 2 rings (SSSR count). The molecule has 2 N–H and O–H groups in total. The molecule has 0 aliphatic rings. The molecule has 106 valence electrons. The Morgan fingerprint density at radius 1 is 1.00 bits per heavy atom. The zero-order valence-electron chi connectivity index (χ0n) is 11.0. The lowest BCUT2D eigenvalue weighted by molar-refractivity contribution is 0.317. The zero-order chi connectivity index (χ0) is 14.5. The van der Waals surface area contributed by atoms with Gasteiger partial charge in [-0.05, 0) is 30.7 Å². The fourth-order valence-electron chi connectivity index (χ4n) is 1.62. The van der Waals surface area contributed by atoms with E-state index in [1.807, 2.05) is 6.92 Å². The van der Waals surface area contributed by atoms with Crippen LogP contribution in [0.2, 0.25) is 0 Å². The van der Waals surface area contributed by atoms with Crippen LogP contribution >= 0.6 is 0 Å². The maximum absolute atomic E-state index is 13.6. The van der Waals surface area contributed by atoms with Gasteiger partial charge in [0.25, 0.3) is 0 Å². The Morgan fingerprint density at radius 3 is 2.10 bits per heavy atom. The van der Waals surface area contributed by atoms with E-state index in [9.17, 15) is 8.78 Å². The van der Waals surface area contributed by atoms with Gasteiger partial charge < -0.3 is 15.2 Å². The molecule has 0 atom stereocenters. The molecule has 5 heteroatoms. The predicted molar refractivity (Wildman–Crippen MR) is 73.1 cm³/mol. The molecule has 3 nitrogen and oxygen atoms in total. The van der Waals surface area contributed by atoms with E-state index in [0.29, 0.717) is 18.1 Å². The molecule has 0 saturated heterocycles. The first-order valence-electron chi connectivity index (χ1n) is 6.25. The molecule has 0 saturated carbocycles. The third-order valence-electron chi connectivity index (χ3n) is 2.54. The second-order valence-corrected chi connectivity index (χ2v) is 4.24. The van der Waals surface area contributed by atoms with Crippen LogP contribution < -0.4 is 15.2 Å². The molecule has 0 fully saturated rings. The Labute approximate surface area is 115 Å². The van der Waals surface area contributed by atoms with Crippen molar-refractivity contribution in [3.8, 4) is 17.2 Å². The van der Waals surface area contributed by atoms with E-state index in [2.05, 4.69) is 0 Å². The van der Waals surface area contributed by atoms with Crippen molar-refractivity contribution < 1.29 is 18.3 Å². The highest BCUT2D eigenvalue weighted by Gasteiger charge is 2.12. The van der Waals surface area contributed by atoms with E-state index < -0.39 is 17.4 Å². The lowest BCUT2D eigenvalue weighted by atomic mass is 10.2. The number of hydrogen-bond acceptors (Lipinski definition) is 3. The minimum atomic E-state index is -0.839. The average Bonchev–Trinajstić information content (AvgIpc) is 2.42. The van der Waals surface area contributed by atoms with Crippen LogP contribution in [0, 0.1) is 11.6 Å². The van der Waals surface area contributed by atoms with Gasteiger partial charge in [0.2, 0.25) is 0 Å². The van der Waals surface area contributed by atoms with Gasteiger partial charge in [0.15, 0.2) is 17.4 Å². The van der Waals surface area contributed by atoms with Crippen molar-refractivity contribution >= 4 is 5.69 Å². The second-order valence-electron chi connectivity index (χ2n) is 4.24. The summed E-state index contributed by atoms with van der Waals surface area (Å²) in [5.74, 6) is -1.15. The summed E-state index contributed by atoms with van der Waals surface area (Å²) in [5, 5.41) is 0. The normalized spacial score (nSPS) is 10.3. The number of benzene rings is 2. The van der Waals surface area contributed by atoms with Crippen LogP contribution in [-0.2, 0) is 0 Å². The zero-order valence-corrected chi connectivity index (χ0v) is 11.0. The first kappa shape index (κ1) is 14.1. The molecular weight excluding hydrogens is 264 g/mol. The van der Waals surface area contributed by atoms with Gasteiger partial charge in [-0.15, -0.1) is 0 Å². The highest BCUT2D eigenvalue weighted by molar-refractivity contribution is 5.45. The van der Waals surface area contributed by atoms with E-state index in [-0.39, 0.29) is 5.69 Å². The van der Waals surface area contributed by atoms with Crippen molar-refractivity contribution in [1.82, 2.24) is 0 Å². The van der Waals surface area contributed by atoms with E-state index in [4.69, 9.17) is 15.2 Å². The van der Waals surface area contributed by atoms with Gasteiger partial charge in [-0.1, -0.05) is 6.92 Å². The van der Waals surface area contributed by atoms with Crippen LogP contribution in [-0.4, -0.2) is 6.61 Å². The molecule has 2 aromatic carbocycles. The van der Waals surface area contributed by atoms with Crippen molar-refractivity contribution in [2.45, 2.75) is 13.3 Å². The van der Waals surface area contributed by atoms with Crippen molar-refractivity contribution in [1.29, 1.82) is 0 Å². The first-order valence-corrected chi connectivity index (χ1v) is 6.25. The molecule has 0 aliphatic carbocycles. The molecule has 0 aromatic heterocycles. The third-order valence-corrected chi connectivity index (χ3v) is 2.54. The van der Waals surface area contributed by atoms with Gasteiger partial charge in [0.1, 0.15) is 11.5 Å². The van der Waals surface area contributed by atoms with Crippen LogP contribution in [0.25, 0.3) is 0 Å². The molecule has 0 radical (unpaired) electrons. The Balaban J connectivity index is 2.14. The van der Waals surface area contributed by atoms with Gasteiger partial charge in [-0.3, -0.25) is 0 Å². The molecule has 20 heavy (non-hydrogen) atoms. The van der Waals surface area contributed by atoms with Crippen LogP contribution in [0.15, 0.2) is 36.4 Å². The van der Waals surface area contributed by atoms with Crippen molar-refractivity contribution in [3.05, 3.63) is 48.0 Å². The minimum Gasteiger partial charge on any atom is -0.494 e. The molecule has 0 spiro atoms. The van der Waals surface area contributed by atoms with Crippen molar-refractivity contribution in [3.63, 3.8) is 0 Å². The standard InChI is InChI=1S/C15H15F2NO2/c1-2-7-19-11-3-5-12(6-4-11)20-15-13(16)8-10(18)9-14(15)17/h3-6,8-9H,2,7,18H2,1H3. The number of nitrogen functional groups attached to an aromatic ring is 1. The second kappa shape index (κ2) is 6.23. The Kier molecular flexibility index (Phi) is 4.40. The maximum atomic E-state index is 13.6. The van der Waals surface area contributed by atoms with Crippen LogP contribution in [0.5, 0.6) is 17.2 Å². The number of halogens is 2. The number of ether oxygens (including phenoxy) is 2. The summed E-state index contributed by atoms with van der Waals surface area (Å²) >= 11 is 0. The SMILES string of the molecule is CCCOc1ccc(Oc2c(F)cc(N)cc2F)cc1. The van der Waals surface area contributed by atoms with E-state index in [0.717, 1.165) is 18.6 Å². The van der Waals surface area contributed by atoms with Gasteiger partial charge in [-0.25, -0.2) is 8.78 Å². The summed E-state index contributed by atoms with van der Waals surface area (Å²) in [4.78, 5) is 0. The molecule has 2 aromatic rings. The Morgan fingerprint density at radius 2 is 1.55 bits per heavy atom. The predicted octanol–water partition coefficient (Wildman–Crippen LogP) is 4.13. The third kappa shape index (κ3) is 3.38. The maximum Gasteiger partial charge on any atom is 0.198 e. The van der Waals surface area contributed by atoms with Crippen LogP contribution in [0.1, 0.15) is 13.3 Å². The summed E-state index contributed by atoms with van der Waals surface area (Å²) in [6, 6.07) is 8.55. The number of anilines is 1. The highest BCUT2D eigenvalue weighted by Crippen LogP contribution is 2.30. The summed E-state index contributed by atoms with van der Waals surface area (Å²) in [6.07, 6.45) is 0.903. The van der Waals surface area contributed by atoms with E-state index in [1.165, 1.54) is 0 Å². The Hall–Kier alpha value is -2.30. The lowest BCUT2D eigenvalue weighted by Crippen LogP contribution is -1.97. The average molecular weight is 279 g/mol. The van der Waals surface area contributed by atoms with E-state index in [1.54, 1.807) is 24.3 Å². The highest BCUT2D eigenvalue weighted by atomic mass is 19.1. The summed E-state index contributed by atoms with van der Waals surface area (Å²) in [7, 11) is 0. The molecule has 0 heterocycles. The van der Waals surface area contributed by atoms with Crippen LogP contribution in [0.3, 0.4) is 0 Å². The monoisotopic (exact) mass is 279 g/mol. The molecule has 0 unspecified atom stereocenters. The molecule has 0 bridgehead atoms. The van der Waals surface area contributed by atoms with Gasteiger partial charge in [0.05, 0.1) is 6.61 Å². The Bertz CT molecular complexity index is 562. The first-order chi connectivity index (χ1) is 9.60. The summed E-state index contributed by atoms with van der Waals surface area (Å²) < 4.78 is 37.7. The smallest absolute Gasteiger partial charge is 0.198 e. The number of rotatable bonds is 5. The van der Waals surface area contributed by atoms with Crippen molar-refractivity contribution in [2.75, 3.05) is 12.3 Å². The van der Waals surface area contributed by atoms with Gasteiger partial charge >= 0.3 is 0 Å². The van der Waals surface area contributed by atoms with Crippen molar-refractivity contribution in [2.24, 2.45) is 0 Å². The van der Waals surface area contributed by atoms with Gasteiger partial charge in [0, 0.05) is 17.8 Å². The fraction of sp³-hybridized carbons (Fsp3) is 0.200. The molecule has 0 aliphatic heterocycles. The number of nitrogens with two attached hydrogens (primary N) is 1. The van der Waals surface area contributed by atoms with E-state index >= 15 is 0 Å². The molecule has 0 amide bonds. The summed E-state index contributed by atoms with van der Waals surface area (Å²) in [5.41, 5.74) is 5.35. The summed E-state index contributed by atoms with van der Waals surface area (Å²) in [6.45, 7) is 2.62. The number of hydrogen-bond donors (Lipinski definition) is 1. The quantitative estimate of drug-likeness (QED) is 0.837. The van der Waals surface area contributed by atoms with Crippen LogP contribution in [0.4, 0.5) is 14.5 Å². The lowest BCUT2D eigenvalue weighted by Gasteiger charge is -2.09. The molecular formula is C15H15F2NO2. The fourth-order valence-corrected chi connectivity index (χ4v) is 1.62. The minimum absolute atomic E-state index is 0.00987.